The quantitative estimate of drug-likeness (QED) is 0.791. The van der Waals surface area contributed by atoms with Crippen molar-refractivity contribution in [2.45, 2.75) is 6.10 Å². The first-order valence-corrected chi connectivity index (χ1v) is 7.43. The summed E-state index contributed by atoms with van der Waals surface area (Å²) in [6, 6.07) is 15.6. The molecule has 0 bridgehead atoms. The Morgan fingerprint density at radius 1 is 1.00 bits per heavy atom. The minimum atomic E-state index is -0.705. The van der Waals surface area contributed by atoms with Crippen LogP contribution in [0, 0.1) is 0 Å². The highest BCUT2D eigenvalue weighted by atomic mass is 32.1. The molecule has 2 aromatic carbocycles. The molecule has 108 valence electrons. The number of methoxy groups -OCH3 is 2. The molecule has 0 fully saturated rings. The van der Waals surface area contributed by atoms with Crippen LogP contribution in [-0.2, 0) is 0 Å². The van der Waals surface area contributed by atoms with Gasteiger partial charge in [0.25, 0.3) is 0 Å². The zero-order valence-corrected chi connectivity index (χ0v) is 12.7. The number of benzene rings is 2. The minimum absolute atomic E-state index is 0.624. The molecule has 3 rings (SSSR count). The van der Waals surface area contributed by atoms with Gasteiger partial charge in [0.05, 0.1) is 14.2 Å². The molecule has 0 saturated heterocycles. The van der Waals surface area contributed by atoms with Gasteiger partial charge < -0.3 is 14.6 Å². The van der Waals surface area contributed by atoms with E-state index in [1.807, 2.05) is 36.4 Å². The van der Waals surface area contributed by atoms with Gasteiger partial charge in [0.1, 0.15) is 17.6 Å². The lowest BCUT2D eigenvalue weighted by atomic mass is 10.1. The summed E-state index contributed by atoms with van der Waals surface area (Å²) in [4.78, 5) is 0.902. The van der Waals surface area contributed by atoms with Gasteiger partial charge in [0, 0.05) is 21.2 Å². The molecule has 4 heteroatoms. The van der Waals surface area contributed by atoms with E-state index in [2.05, 4.69) is 6.07 Å². The van der Waals surface area contributed by atoms with Crippen molar-refractivity contribution in [3.63, 3.8) is 0 Å². The molecule has 3 nitrogen and oxygen atoms in total. The van der Waals surface area contributed by atoms with E-state index in [1.165, 1.54) is 4.70 Å². The van der Waals surface area contributed by atoms with Gasteiger partial charge in [0.15, 0.2) is 0 Å². The number of ether oxygens (including phenoxy) is 2. The highest BCUT2D eigenvalue weighted by molar-refractivity contribution is 7.19. The molecule has 1 atom stereocenters. The summed E-state index contributed by atoms with van der Waals surface area (Å²) in [7, 11) is 3.20. The maximum absolute atomic E-state index is 10.7. The van der Waals surface area contributed by atoms with Crippen LogP contribution in [0.1, 0.15) is 16.5 Å². The second-order valence-corrected chi connectivity index (χ2v) is 5.81. The van der Waals surface area contributed by atoms with Gasteiger partial charge in [-0.1, -0.05) is 18.2 Å². The molecular formula is C17H16O3S. The summed E-state index contributed by atoms with van der Waals surface area (Å²) in [6.45, 7) is 0. The van der Waals surface area contributed by atoms with Crippen LogP contribution in [0.5, 0.6) is 11.5 Å². The van der Waals surface area contributed by atoms with E-state index in [9.17, 15) is 5.11 Å². The standard InChI is InChI=1S/C17H16O3S/c1-19-12-7-8-13(14(10-12)20-2)17(18)16-9-11-5-3-4-6-15(11)21-16/h3-10,17-18H,1-2H3. The van der Waals surface area contributed by atoms with Gasteiger partial charge in [-0.3, -0.25) is 0 Å². The highest BCUT2D eigenvalue weighted by Gasteiger charge is 2.18. The second kappa shape index (κ2) is 5.76. The number of hydrogen-bond donors (Lipinski definition) is 1. The average Bonchev–Trinajstić information content (AvgIpc) is 2.97. The monoisotopic (exact) mass is 300 g/mol. The number of hydrogen-bond acceptors (Lipinski definition) is 4. The molecule has 3 aromatic rings. The molecule has 1 heterocycles. The first-order chi connectivity index (χ1) is 10.2. The molecule has 0 spiro atoms. The minimum Gasteiger partial charge on any atom is -0.497 e. The molecular weight excluding hydrogens is 284 g/mol. The van der Waals surface area contributed by atoms with E-state index in [0.717, 1.165) is 15.8 Å². The summed E-state index contributed by atoms with van der Waals surface area (Å²) >= 11 is 1.59. The van der Waals surface area contributed by atoms with Crippen LogP contribution in [0.25, 0.3) is 10.1 Å². The van der Waals surface area contributed by atoms with Crippen LogP contribution in [0.15, 0.2) is 48.5 Å². The fraction of sp³-hybridized carbons (Fsp3) is 0.176. The molecule has 0 amide bonds. The van der Waals surface area contributed by atoms with Gasteiger partial charge in [-0.05, 0) is 29.7 Å². The first-order valence-electron chi connectivity index (χ1n) is 6.61. The van der Waals surface area contributed by atoms with E-state index in [1.54, 1.807) is 31.6 Å². The van der Waals surface area contributed by atoms with E-state index >= 15 is 0 Å². The Kier molecular flexibility index (Phi) is 3.82. The van der Waals surface area contributed by atoms with Crippen molar-refractivity contribution >= 4 is 21.4 Å². The molecule has 0 saturated carbocycles. The van der Waals surface area contributed by atoms with E-state index in [0.29, 0.717) is 11.5 Å². The van der Waals surface area contributed by atoms with Crippen molar-refractivity contribution in [2.75, 3.05) is 14.2 Å². The van der Waals surface area contributed by atoms with Crippen LogP contribution in [-0.4, -0.2) is 19.3 Å². The summed E-state index contributed by atoms with van der Waals surface area (Å²) in [5.41, 5.74) is 0.741. The van der Waals surface area contributed by atoms with E-state index in [4.69, 9.17) is 9.47 Å². The fourth-order valence-corrected chi connectivity index (χ4v) is 3.40. The van der Waals surface area contributed by atoms with Crippen molar-refractivity contribution in [1.29, 1.82) is 0 Å². The van der Waals surface area contributed by atoms with E-state index in [-0.39, 0.29) is 0 Å². The predicted octanol–water partition coefficient (Wildman–Crippen LogP) is 4.00. The van der Waals surface area contributed by atoms with Crippen molar-refractivity contribution < 1.29 is 14.6 Å². The molecule has 0 aliphatic heterocycles. The Morgan fingerprint density at radius 3 is 2.52 bits per heavy atom. The molecule has 0 aliphatic carbocycles. The molecule has 0 radical (unpaired) electrons. The van der Waals surface area contributed by atoms with Gasteiger partial charge in [0.2, 0.25) is 0 Å². The van der Waals surface area contributed by atoms with Gasteiger partial charge in [-0.15, -0.1) is 11.3 Å². The molecule has 0 aliphatic rings. The summed E-state index contributed by atoms with van der Waals surface area (Å²) in [6.07, 6.45) is -0.705. The first kappa shape index (κ1) is 13.9. The summed E-state index contributed by atoms with van der Waals surface area (Å²) < 4.78 is 11.7. The lowest BCUT2D eigenvalue weighted by Gasteiger charge is -2.14. The van der Waals surface area contributed by atoms with Crippen molar-refractivity contribution in [3.05, 3.63) is 59.0 Å². The van der Waals surface area contributed by atoms with Crippen molar-refractivity contribution in [3.8, 4) is 11.5 Å². The molecule has 1 N–H and O–H groups in total. The lowest BCUT2D eigenvalue weighted by molar-refractivity contribution is 0.218. The number of rotatable bonds is 4. The van der Waals surface area contributed by atoms with Gasteiger partial charge in [-0.25, -0.2) is 0 Å². The lowest BCUT2D eigenvalue weighted by Crippen LogP contribution is -2.01. The van der Waals surface area contributed by atoms with Crippen LogP contribution in [0.4, 0.5) is 0 Å². The number of aliphatic hydroxyl groups is 1. The van der Waals surface area contributed by atoms with Gasteiger partial charge in [-0.2, -0.15) is 0 Å². The van der Waals surface area contributed by atoms with Crippen LogP contribution < -0.4 is 9.47 Å². The SMILES string of the molecule is COc1ccc(C(O)c2cc3ccccc3s2)c(OC)c1. The Labute approximate surface area is 127 Å². The normalized spacial score (nSPS) is 12.3. The average molecular weight is 300 g/mol. The largest absolute Gasteiger partial charge is 0.497 e. The Hall–Kier alpha value is -2.04. The number of thiophene rings is 1. The molecule has 21 heavy (non-hydrogen) atoms. The third-order valence-electron chi connectivity index (χ3n) is 3.45. The zero-order chi connectivity index (χ0) is 14.8. The second-order valence-electron chi connectivity index (χ2n) is 4.70. The smallest absolute Gasteiger partial charge is 0.128 e. The van der Waals surface area contributed by atoms with Crippen molar-refractivity contribution in [2.24, 2.45) is 0 Å². The van der Waals surface area contributed by atoms with E-state index < -0.39 is 6.10 Å². The van der Waals surface area contributed by atoms with Crippen LogP contribution in [0.2, 0.25) is 0 Å². The van der Waals surface area contributed by atoms with Crippen LogP contribution >= 0.6 is 11.3 Å². The number of fused-ring (bicyclic) bond motifs is 1. The van der Waals surface area contributed by atoms with Gasteiger partial charge >= 0.3 is 0 Å². The fourth-order valence-electron chi connectivity index (χ4n) is 2.33. The summed E-state index contributed by atoms with van der Waals surface area (Å²) in [5.74, 6) is 1.33. The maximum atomic E-state index is 10.7. The third-order valence-corrected chi connectivity index (χ3v) is 4.62. The molecule has 1 unspecified atom stereocenters. The van der Waals surface area contributed by atoms with Crippen LogP contribution in [0.3, 0.4) is 0 Å². The summed E-state index contributed by atoms with van der Waals surface area (Å²) in [5, 5.41) is 11.8. The zero-order valence-electron chi connectivity index (χ0n) is 11.9. The van der Waals surface area contributed by atoms with Crippen molar-refractivity contribution in [1.82, 2.24) is 0 Å². The molecule has 1 aromatic heterocycles. The predicted molar refractivity (Wildman–Crippen MR) is 85.4 cm³/mol. The topological polar surface area (TPSA) is 38.7 Å². The Bertz CT molecular complexity index is 731. The highest BCUT2D eigenvalue weighted by Crippen LogP contribution is 2.37. The Balaban J connectivity index is 2.02. The Morgan fingerprint density at radius 2 is 1.81 bits per heavy atom. The maximum Gasteiger partial charge on any atom is 0.128 e. The number of aliphatic hydroxyl groups excluding tert-OH is 1. The third kappa shape index (κ3) is 2.60.